The Morgan fingerprint density at radius 3 is 2.56 bits per heavy atom. The maximum Gasteiger partial charge on any atom is 0.409 e. The lowest BCUT2D eigenvalue weighted by molar-refractivity contribution is -0.141. The van der Waals surface area contributed by atoms with Gasteiger partial charge in [0.05, 0.1) is 0 Å². The summed E-state index contributed by atoms with van der Waals surface area (Å²) in [5.41, 5.74) is -1.25. The zero-order chi connectivity index (χ0) is 12.6. The lowest BCUT2D eigenvalue weighted by atomic mass is 10.2. The number of amides is 1. The summed E-state index contributed by atoms with van der Waals surface area (Å²) in [4.78, 5) is 21.5. The van der Waals surface area contributed by atoms with E-state index in [0.717, 1.165) is 0 Å². The van der Waals surface area contributed by atoms with Gasteiger partial charge in [0.1, 0.15) is 5.54 Å². The molecule has 1 saturated carbocycles. The molecule has 0 saturated heterocycles. The highest BCUT2D eigenvalue weighted by Gasteiger charge is 2.60. The van der Waals surface area contributed by atoms with Crippen molar-refractivity contribution in [2.24, 2.45) is 5.92 Å². The van der Waals surface area contributed by atoms with Crippen LogP contribution in [0.3, 0.4) is 0 Å². The van der Waals surface area contributed by atoms with Gasteiger partial charge in [0.15, 0.2) is 4.93 Å². The predicted octanol–water partition coefficient (Wildman–Crippen LogP) is 1.41. The molecular weight excluding hydrogens is 230 g/mol. The van der Waals surface area contributed by atoms with E-state index in [2.05, 4.69) is 24.5 Å². The standard InChI is InChI=1S/C10H15NO4S/c1-4-6-5-10(6,7(12)13)11-8(14)15-9(2,3)16/h4,6,16H,1,5H2,2-3H3,(H,11,14)(H,12,13)/t6-,10-/m0/s1. The Balaban J connectivity index is 2.63. The highest BCUT2D eigenvalue weighted by Crippen LogP contribution is 2.44. The number of hydrogen-bond donors (Lipinski definition) is 3. The largest absolute Gasteiger partial charge is 0.479 e. The van der Waals surface area contributed by atoms with E-state index in [4.69, 9.17) is 9.84 Å². The number of aliphatic carboxylic acids is 1. The van der Waals surface area contributed by atoms with E-state index in [1.807, 2.05) is 0 Å². The fraction of sp³-hybridized carbons (Fsp3) is 0.600. The van der Waals surface area contributed by atoms with E-state index in [-0.39, 0.29) is 5.92 Å². The molecule has 1 aliphatic rings. The molecule has 0 aromatic carbocycles. The van der Waals surface area contributed by atoms with Gasteiger partial charge in [-0.2, -0.15) is 0 Å². The van der Waals surface area contributed by atoms with E-state index in [1.54, 1.807) is 13.8 Å². The normalized spacial score (nSPS) is 28.1. The van der Waals surface area contributed by atoms with Gasteiger partial charge in [-0.1, -0.05) is 6.08 Å². The van der Waals surface area contributed by atoms with Crippen molar-refractivity contribution >= 4 is 24.7 Å². The molecule has 0 radical (unpaired) electrons. The second-order valence-corrected chi connectivity index (χ2v) is 5.36. The van der Waals surface area contributed by atoms with Gasteiger partial charge in [-0.25, -0.2) is 9.59 Å². The summed E-state index contributed by atoms with van der Waals surface area (Å²) in [5.74, 6) is -1.33. The number of carboxylic acid groups (broad SMARTS) is 1. The third-order valence-corrected chi connectivity index (χ3v) is 2.44. The SMILES string of the molecule is C=C[C@H]1C[C@@]1(NC(=O)OC(C)(C)S)C(=O)O. The maximum atomic E-state index is 11.4. The number of carbonyl (C=O) groups excluding carboxylic acids is 1. The number of rotatable bonds is 4. The highest BCUT2D eigenvalue weighted by molar-refractivity contribution is 7.81. The van der Waals surface area contributed by atoms with Crippen LogP contribution in [-0.2, 0) is 9.53 Å². The van der Waals surface area contributed by atoms with Crippen molar-refractivity contribution in [2.45, 2.75) is 30.7 Å². The van der Waals surface area contributed by atoms with Gasteiger partial charge in [0.25, 0.3) is 0 Å². The molecule has 1 amide bonds. The molecule has 1 rings (SSSR count). The minimum absolute atomic E-state index is 0.249. The van der Waals surface area contributed by atoms with Crippen LogP contribution in [0.1, 0.15) is 20.3 Å². The van der Waals surface area contributed by atoms with E-state index in [0.29, 0.717) is 6.42 Å². The van der Waals surface area contributed by atoms with Crippen molar-refractivity contribution in [1.29, 1.82) is 0 Å². The topological polar surface area (TPSA) is 75.6 Å². The Labute approximate surface area is 99.3 Å². The van der Waals surface area contributed by atoms with Crippen molar-refractivity contribution in [1.82, 2.24) is 5.32 Å². The molecule has 1 aliphatic carbocycles. The molecule has 2 N–H and O–H groups in total. The van der Waals surface area contributed by atoms with Crippen LogP contribution in [0.2, 0.25) is 0 Å². The molecule has 6 heteroatoms. The van der Waals surface area contributed by atoms with Crippen LogP contribution < -0.4 is 5.32 Å². The van der Waals surface area contributed by atoms with Crippen LogP contribution in [0, 0.1) is 5.92 Å². The van der Waals surface area contributed by atoms with Crippen LogP contribution in [0.25, 0.3) is 0 Å². The van der Waals surface area contributed by atoms with Crippen LogP contribution in [0.5, 0.6) is 0 Å². The first kappa shape index (κ1) is 12.9. The minimum atomic E-state index is -1.25. The molecule has 16 heavy (non-hydrogen) atoms. The van der Waals surface area contributed by atoms with Gasteiger partial charge in [-0.3, -0.25) is 0 Å². The molecule has 5 nitrogen and oxygen atoms in total. The zero-order valence-corrected chi connectivity index (χ0v) is 10.1. The van der Waals surface area contributed by atoms with Gasteiger partial charge in [0.2, 0.25) is 0 Å². The van der Waals surface area contributed by atoms with E-state index < -0.39 is 22.5 Å². The summed E-state index contributed by atoms with van der Waals surface area (Å²) in [6, 6.07) is 0. The van der Waals surface area contributed by atoms with Gasteiger partial charge in [-0.15, -0.1) is 19.2 Å². The molecule has 0 spiro atoms. The second-order valence-electron chi connectivity index (χ2n) is 4.28. The van der Waals surface area contributed by atoms with Gasteiger partial charge in [-0.05, 0) is 20.3 Å². The lowest BCUT2D eigenvalue weighted by Crippen LogP contribution is -2.46. The fourth-order valence-corrected chi connectivity index (χ4v) is 1.53. The fourth-order valence-electron chi connectivity index (χ4n) is 1.45. The number of hydrogen-bond acceptors (Lipinski definition) is 4. The molecule has 0 heterocycles. The predicted molar refractivity (Wildman–Crippen MR) is 61.4 cm³/mol. The van der Waals surface area contributed by atoms with E-state index >= 15 is 0 Å². The molecule has 90 valence electrons. The van der Waals surface area contributed by atoms with E-state index in [9.17, 15) is 9.59 Å². The summed E-state index contributed by atoms with van der Waals surface area (Å²) in [6.07, 6.45) is 1.07. The van der Waals surface area contributed by atoms with Gasteiger partial charge < -0.3 is 15.2 Å². The number of thiol groups is 1. The Kier molecular flexibility index (Phi) is 3.23. The summed E-state index contributed by atoms with van der Waals surface area (Å²) in [5, 5.41) is 11.4. The first-order chi connectivity index (χ1) is 7.21. The highest BCUT2D eigenvalue weighted by atomic mass is 32.1. The Morgan fingerprint density at radius 1 is 1.69 bits per heavy atom. The van der Waals surface area contributed by atoms with Crippen molar-refractivity contribution in [2.75, 3.05) is 0 Å². The third-order valence-electron chi connectivity index (χ3n) is 2.35. The average Bonchev–Trinajstić information content (AvgIpc) is 2.76. The molecular formula is C10H15NO4S. The third kappa shape index (κ3) is 2.69. The van der Waals surface area contributed by atoms with E-state index in [1.165, 1.54) is 6.08 Å². The van der Waals surface area contributed by atoms with Crippen molar-refractivity contribution in [3.8, 4) is 0 Å². The molecule has 0 bridgehead atoms. The Hall–Kier alpha value is -1.17. The Bertz CT molecular complexity index is 336. The van der Waals surface area contributed by atoms with Crippen LogP contribution in [0.4, 0.5) is 4.79 Å². The molecule has 0 aromatic heterocycles. The Morgan fingerprint density at radius 2 is 2.25 bits per heavy atom. The number of alkyl carbamates (subject to hydrolysis) is 1. The molecule has 2 atom stereocenters. The summed E-state index contributed by atoms with van der Waals surface area (Å²) >= 11 is 4.01. The molecule has 0 unspecified atom stereocenters. The number of carbonyl (C=O) groups is 2. The van der Waals surface area contributed by atoms with Crippen molar-refractivity contribution in [3.05, 3.63) is 12.7 Å². The second kappa shape index (κ2) is 4.01. The van der Waals surface area contributed by atoms with Crippen molar-refractivity contribution in [3.63, 3.8) is 0 Å². The number of ether oxygens (including phenoxy) is 1. The number of nitrogens with one attached hydrogen (secondary N) is 1. The minimum Gasteiger partial charge on any atom is -0.479 e. The smallest absolute Gasteiger partial charge is 0.409 e. The summed E-state index contributed by atoms with van der Waals surface area (Å²) in [6.45, 7) is 6.68. The van der Waals surface area contributed by atoms with Crippen LogP contribution >= 0.6 is 12.6 Å². The molecule has 1 fully saturated rings. The first-order valence-electron chi connectivity index (χ1n) is 4.81. The molecule has 0 aromatic rings. The van der Waals surface area contributed by atoms with Gasteiger partial charge >= 0.3 is 12.1 Å². The van der Waals surface area contributed by atoms with Gasteiger partial charge in [0, 0.05) is 5.92 Å². The maximum absolute atomic E-state index is 11.4. The zero-order valence-electron chi connectivity index (χ0n) is 9.19. The molecule has 0 aliphatic heterocycles. The lowest BCUT2D eigenvalue weighted by Gasteiger charge is -2.21. The quantitative estimate of drug-likeness (QED) is 0.397. The first-order valence-corrected chi connectivity index (χ1v) is 5.25. The monoisotopic (exact) mass is 245 g/mol. The van der Waals surface area contributed by atoms with Crippen LogP contribution in [0.15, 0.2) is 12.7 Å². The average molecular weight is 245 g/mol. The van der Waals surface area contributed by atoms with Crippen LogP contribution in [-0.4, -0.2) is 27.6 Å². The summed E-state index contributed by atoms with van der Waals surface area (Å²) in [7, 11) is 0. The number of carboxylic acids is 1. The van der Waals surface area contributed by atoms with Crippen molar-refractivity contribution < 1.29 is 19.4 Å². The summed E-state index contributed by atoms with van der Waals surface area (Å²) < 4.78 is 4.87.